The van der Waals surface area contributed by atoms with E-state index in [-0.39, 0.29) is 55.2 Å². The van der Waals surface area contributed by atoms with Crippen LogP contribution in [0.1, 0.15) is 71.9 Å². The van der Waals surface area contributed by atoms with E-state index in [9.17, 15) is 29.4 Å². The minimum atomic E-state index is -1.09. The van der Waals surface area contributed by atoms with Crippen LogP contribution in [0.4, 0.5) is 4.79 Å². The largest absolute Gasteiger partial charge is 0.508 e. The molecule has 4 amide bonds. The molecule has 0 aliphatic carbocycles. The SMILES string of the molecule is CC(C)CCNC(=O)[C@H](Cc1ccc(O)cc1)N1CC2N(C(=O)OCCC(C)C)O[C@H](CC(C)C)C(=O)N2[C@@H](Cc2ccc(O)cc2)C1=O. The molecule has 2 aliphatic rings. The minimum absolute atomic E-state index is 0.0427. The molecule has 49 heavy (non-hydrogen) atoms. The Labute approximate surface area is 289 Å². The van der Waals surface area contributed by atoms with Crippen molar-refractivity contribution >= 4 is 23.8 Å². The lowest BCUT2D eigenvalue weighted by molar-refractivity contribution is -0.269. The van der Waals surface area contributed by atoms with Crippen molar-refractivity contribution in [3.8, 4) is 11.5 Å². The highest BCUT2D eigenvalue weighted by molar-refractivity contribution is 5.95. The molecule has 0 aromatic heterocycles. The van der Waals surface area contributed by atoms with Crippen molar-refractivity contribution in [1.82, 2.24) is 20.2 Å². The molecule has 0 radical (unpaired) electrons. The Morgan fingerprint density at radius 3 is 2.02 bits per heavy atom. The van der Waals surface area contributed by atoms with Crippen LogP contribution < -0.4 is 5.32 Å². The molecule has 12 heteroatoms. The average Bonchev–Trinajstić information content (AvgIpc) is 3.03. The number of hydroxylamine groups is 2. The van der Waals surface area contributed by atoms with Gasteiger partial charge in [0.25, 0.3) is 5.91 Å². The Morgan fingerprint density at radius 1 is 0.857 bits per heavy atom. The molecule has 2 aromatic carbocycles. The van der Waals surface area contributed by atoms with Crippen molar-refractivity contribution in [2.75, 3.05) is 19.7 Å². The first-order valence-corrected chi connectivity index (χ1v) is 17.3. The van der Waals surface area contributed by atoms with Crippen LogP contribution >= 0.6 is 0 Å². The quantitative estimate of drug-likeness (QED) is 0.262. The zero-order chi connectivity index (χ0) is 35.8. The first-order valence-electron chi connectivity index (χ1n) is 17.3. The standard InChI is InChI=1S/C37H52N4O8/c1-23(2)15-17-38-34(44)30(20-26-7-11-28(42)12-8-26)39-22-33-40(31(35(39)45)21-27-9-13-29(43)14-10-27)36(46)32(19-25(5)6)49-41(33)37(47)48-18-16-24(3)4/h7-14,23-25,30-33,42-43H,15-22H2,1-6H3,(H,38,44)/t30-,31-,32+,33?/m0/s1. The fourth-order valence-electron chi connectivity index (χ4n) is 6.08. The van der Waals surface area contributed by atoms with E-state index in [0.717, 1.165) is 11.5 Å². The second-order valence-corrected chi connectivity index (χ2v) is 14.3. The molecule has 2 saturated heterocycles. The minimum Gasteiger partial charge on any atom is -0.508 e. The van der Waals surface area contributed by atoms with Crippen LogP contribution in [0.5, 0.6) is 11.5 Å². The van der Waals surface area contributed by atoms with Crippen LogP contribution in [-0.4, -0.2) is 92.9 Å². The first kappa shape index (κ1) is 37.5. The first-order chi connectivity index (χ1) is 23.2. The summed E-state index contributed by atoms with van der Waals surface area (Å²) in [6, 6.07) is 10.7. The van der Waals surface area contributed by atoms with E-state index in [4.69, 9.17) is 9.57 Å². The van der Waals surface area contributed by atoms with E-state index < -0.39 is 42.3 Å². The van der Waals surface area contributed by atoms with Crippen molar-refractivity contribution in [3.05, 3.63) is 59.7 Å². The number of nitrogens with zero attached hydrogens (tertiary/aromatic N) is 3. The van der Waals surface area contributed by atoms with E-state index in [1.165, 1.54) is 34.1 Å². The van der Waals surface area contributed by atoms with Gasteiger partial charge in [-0.3, -0.25) is 19.2 Å². The molecule has 4 atom stereocenters. The molecule has 2 heterocycles. The third-order valence-electron chi connectivity index (χ3n) is 8.84. The Bertz CT molecular complexity index is 1430. The van der Waals surface area contributed by atoms with Gasteiger partial charge in [0.05, 0.1) is 13.2 Å². The highest BCUT2D eigenvalue weighted by atomic mass is 16.7. The van der Waals surface area contributed by atoms with E-state index in [0.29, 0.717) is 36.4 Å². The van der Waals surface area contributed by atoms with Crippen molar-refractivity contribution in [1.29, 1.82) is 0 Å². The van der Waals surface area contributed by atoms with Gasteiger partial charge in [0.1, 0.15) is 23.6 Å². The van der Waals surface area contributed by atoms with Gasteiger partial charge in [-0.25, -0.2) is 4.79 Å². The molecule has 3 N–H and O–H groups in total. The molecule has 2 aromatic rings. The summed E-state index contributed by atoms with van der Waals surface area (Å²) in [6.07, 6.45) is -1.00. The highest BCUT2D eigenvalue weighted by Gasteiger charge is 2.55. The van der Waals surface area contributed by atoms with E-state index in [1.54, 1.807) is 24.3 Å². The number of amides is 4. The fraction of sp³-hybridized carbons (Fsp3) is 0.568. The lowest BCUT2D eigenvalue weighted by atomic mass is 9.94. The van der Waals surface area contributed by atoms with Crippen molar-refractivity contribution in [2.45, 2.75) is 98.0 Å². The highest BCUT2D eigenvalue weighted by Crippen LogP contribution is 2.33. The number of rotatable bonds is 14. The zero-order valence-corrected chi connectivity index (χ0v) is 29.5. The van der Waals surface area contributed by atoms with Crippen LogP contribution in [0.15, 0.2) is 48.5 Å². The number of phenols is 2. The zero-order valence-electron chi connectivity index (χ0n) is 29.5. The summed E-state index contributed by atoms with van der Waals surface area (Å²) in [7, 11) is 0. The van der Waals surface area contributed by atoms with Gasteiger partial charge in [0.2, 0.25) is 11.8 Å². The van der Waals surface area contributed by atoms with E-state index >= 15 is 0 Å². The van der Waals surface area contributed by atoms with Gasteiger partial charge in [-0.15, -0.1) is 0 Å². The maximum absolute atomic E-state index is 14.7. The molecule has 1 unspecified atom stereocenters. The monoisotopic (exact) mass is 680 g/mol. The van der Waals surface area contributed by atoms with Gasteiger partial charge in [-0.05, 0) is 72.4 Å². The number of piperazine rings is 1. The Balaban J connectivity index is 1.78. The maximum Gasteiger partial charge on any atom is 0.436 e. The van der Waals surface area contributed by atoms with Crippen LogP contribution in [-0.2, 0) is 36.8 Å². The normalized spacial score (nSPS) is 20.2. The predicted molar refractivity (Wildman–Crippen MR) is 183 cm³/mol. The topological polar surface area (TPSA) is 149 Å². The number of phenolic OH excluding ortho intramolecular Hbond substituents is 2. The van der Waals surface area contributed by atoms with Crippen molar-refractivity contribution in [3.63, 3.8) is 0 Å². The number of benzene rings is 2. The van der Waals surface area contributed by atoms with Gasteiger partial charge in [-0.1, -0.05) is 65.8 Å². The van der Waals surface area contributed by atoms with Crippen LogP contribution in [0.3, 0.4) is 0 Å². The molecule has 0 saturated carbocycles. The van der Waals surface area contributed by atoms with Gasteiger partial charge in [-0.2, -0.15) is 5.06 Å². The number of carbonyl (C=O) groups excluding carboxylic acids is 4. The number of ether oxygens (including phenoxy) is 1. The molecule has 4 rings (SSSR count). The summed E-state index contributed by atoms with van der Waals surface area (Å²) in [5.41, 5.74) is 1.39. The van der Waals surface area contributed by atoms with E-state index in [1.807, 2.05) is 27.7 Å². The lowest BCUT2D eigenvalue weighted by Crippen LogP contribution is -2.75. The molecule has 2 aliphatic heterocycles. The molecular formula is C37H52N4O8. The smallest absolute Gasteiger partial charge is 0.436 e. The van der Waals surface area contributed by atoms with Gasteiger partial charge in [0, 0.05) is 19.4 Å². The summed E-state index contributed by atoms with van der Waals surface area (Å²) in [6.45, 7) is 12.4. The van der Waals surface area contributed by atoms with Crippen molar-refractivity contribution in [2.24, 2.45) is 17.8 Å². The number of carbonyl (C=O) groups is 4. The van der Waals surface area contributed by atoms with Gasteiger partial charge >= 0.3 is 6.09 Å². The van der Waals surface area contributed by atoms with Crippen molar-refractivity contribution < 1.29 is 39.0 Å². The number of fused-ring (bicyclic) bond motifs is 1. The maximum atomic E-state index is 14.7. The number of aromatic hydroxyl groups is 2. The van der Waals surface area contributed by atoms with Crippen LogP contribution in [0.25, 0.3) is 0 Å². The van der Waals surface area contributed by atoms with Crippen LogP contribution in [0, 0.1) is 17.8 Å². The second-order valence-electron chi connectivity index (χ2n) is 14.3. The Morgan fingerprint density at radius 2 is 1.45 bits per heavy atom. The Hall–Kier alpha value is -4.32. The van der Waals surface area contributed by atoms with E-state index in [2.05, 4.69) is 19.2 Å². The number of nitrogens with one attached hydrogen (secondary N) is 1. The molecule has 2 fully saturated rings. The van der Waals surface area contributed by atoms with Gasteiger partial charge in [0.15, 0.2) is 12.3 Å². The third-order valence-corrected chi connectivity index (χ3v) is 8.84. The lowest BCUT2D eigenvalue weighted by Gasteiger charge is -2.53. The summed E-state index contributed by atoms with van der Waals surface area (Å²) >= 11 is 0. The summed E-state index contributed by atoms with van der Waals surface area (Å²) in [5, 5.41) is 23.9. The van der Waals surface area contributed by atoms with Crippen LogP contribution in [0.2, 0.25) is 0 Å². The molecule has 268 valence electrons. The predicted octanol–water partition coefficient (Wildman–Crippen LogP) is 4.62. The fourth-order valence-corrected chi connectivity index (χ4v) is 6.08. The third kappa shape index (κ3) is 9.87. The second kappa shape index (κ2) is 16.9. The molecule has 0 bridgehead atoms. The average molecular weight is 681 g/mol. The molecular weight excluding hydrogens is 628 g/mol. The van der Waals surface area contributed by atoms with Gasteiger partial charge < -0.3 is 30.1 Å². The summed E-state index contributed by atoms with van der Waals surface area (Å²) in [5.74, 6) is -0.436. The number of hydrogen-bond acceptors (Lipinski definition) is 8. The summed E-state index contributed by atoms with van der Waals surface area (Å²) < 4.78 is 5.64. The molecule has 0 spiro atoms. The Kier molecular flexibility index (Phi) is 12.9. The molecule has 12 nitrogen and oxygen atoms in total. The number of hydrogen-bond donors (Lipinski definition) is 3. The summed E-state index contributed by atoms with van der Waals surface area (Å²) in [4.78, 5) is 65.6.